The maximum Gasteiger partial charge on any atom is 0.0714 e. The molecule has 2 aliphatic rings. The van der Waals surface area contributed by atoms with Crippen LogP contribution in [0.15, 0.2) is 170 Å². The topological polar surface area (TPSA) is 25.8 Å². The summed E-state index contributed by atoms with van der Waals surface area (Å²) in [6.45, 7) is 28.3. The van der Waals surface area contributed by atoms with Crippen LogP contribution in [0.2, 0.25) is 0 Å². The highest BCUT2D eigenvalue weighted by Crippen LogP contribution is 2.65. The monoisotopic (exact) mass is 957 g/mol. The molecule has 0 radical (unpaired) electrons. The van der Waals surface area contributed by atoms with Crippen molar-refractivity contribution >= 4 is 43.1 Å². The molecule has 2 heterocycles. The molecule has 0 N–H and O–H groups in total. The van der Waals surface area contributed by atoms with E-state index in [9.17, 15) is 0 Å². The maximum absolute atomic E-state index is 5.11. The highest BCUT2D eigenvalue weighted by molar-refractivity contribution is 6.35. The summed E-state index contributed by atoms with van der Waals surface area (Å²) < 4.78 is 0. The molecule has 0 unspecified atom stereocenters. The van der Waals surface area contributed by atoms with E-state index in [1.165, 1.54) is 143 Å². The van der Waals surface area contributed by atoms with Crippen molar-refractivity contribution in [2.75, 3.05) is 0 Å². The lowest BCUT2D eigenvalue weighted by Gasteiger charge is -2.29. The fraction of sp³-hybridized carbons (Fsp3) is 0.222. The van der Waals surface area contributed by atoms with Crippen molar-refractivity contribution in [3.05, 3.63) is 192 Å². The van der Waals surface area contributed by atoms with Crippen molar-refractivity contribution in [2.24, 2.45) is 0 Å². The summed E-state index contributed by atoms with van der Waals surface area (Å²) in [7, 11) is 0. The molecule has 2 aliphatic carbocycles. The van der Waals surface area contributed by atoms with Gasteiger partial charge in [0.25, 0.3) is 0 Å². The molecule has 362 valence electrons. The van der Waals surface area contributed by atoms with Crippen LogP contribution in [0.25, 0.3) is 132 Å². The predicted molar refractivity (Wildman–Crippen MR) is 317 cm³/mol. The predicted octanol–water partition coefficient (Wildman–Crippen LogP) is 20.2. The first-order valence-electron chi connectivity index (χ1n) is 26.6. The highest BCUT2D eigenvalue weighted by Gasteiger charge is 2.38. The molecule has 0 bridgehead atoms. The van der Waals surface area contributed by atoms with Crippen molar-refractivity contribution in [1.29, 1.82) is 0 Å². The van der Waals surface area contributed by atoms with Gasteiger partial charge in [-0.15, -0.1) is 0 Å². The van der Waals surface area contributed by atoms with E-state index in [1.54, 1.807) is 0 Å². The second-order valence-corrected chi connectivity index (χ2v) is 25.4. The maximum atomic E-state index is 5.11. The Kier molecular flexibility index (Phi) is 9.92. The molecule has 9 aromatic carbocycles. The summed E-state index contributed by atoms with van der Waals surface area (Å²) in [6, 6.07) is 60.4. The van der Waals surface area contributed by atoms with Gasteiger partial charge in [-0.25, -0.2) is 0 Å². The molecule has 0 saturated heterocycles. The Labute approximate surface area is 437 Å². The molecule has 74 heavy (non-hydrogen) atoms. The van der Waals surface area contributed by atoms with Gasteiger partial charge in [0.05, 0.1) is 11.4 Å². The smallest absolute Gasteiger partial charge is 0.0714 e. The largest absolute Gasteiger partial charge is 0.256 e. The SMILES string of the molecule is CC(C)(C)c1cc(-c2c3c(c(-c4cc(C(C)(C)C)cc(C(C)(C)C)c4)c4cc5ccccc5cc24)-c2ccc4c5c(ccc-3c25)-c2c-4c(-c3ccccn3)c3ccccc3c2-c2ccccn2)cc(C(C)(C)C)c1. The van der Waals surface area contributed by atoms with Gasteiger partial charge in [-0.2, -0.15) is 0 Å². The summed E-state index contributed by atoms with van der Waals surface area (Å²) in [4.78, 5) is 10.2. The van der Waals surface area contributed by atoms with Crippen molar-refractivity contribution in [3.63, 3.8) is 0 Å². The summed E-state index contributed by atoms with van der Waals surface area (Å²) in [5.41, 5.74) is 24.7. The number of aromatic nitrogens is 2. The fourth-order valence-corrected chi connectivity index (χ4v) is 12.4. The van der Waals surface area contributed by atoms with E-state index in [1.807, 2.05) is 24.5 Å². The van der Waals surface area contributed by atoms with E-state index in [-0.39, 0.29) is 21.7 Å². The van der Waals surface area contributed by atoms with Crippen LogP contribution in [-0.2, 0) is 21.7 Å². The van der Waals surface area contributed by atoms with Gasteiger partial charge in [0.2, 0.25) is 0 Å². The van der Waals surface area contributed by atoms with Gasteiger partial charge >= 0.3 is 0 Å². The molecule has 2 nitrogen and oxygen atoms in total. The number of fused-ring (bicyclic) bond motifs is 9. The van der Waals surface area contributed by atoms with Crippen LogP contribution in [0.5, 0.6) is 0 Å². The number of benzene rings is 9. The summed E-state index contributed by atoms with van der Waals surface area (Å²) in [6.07, 6.45) is 3.87. The number of hydrogen-bond donors (Lipinski definition) is 0. The van der Waals surface area contributed by atoms with Gasteiger partial charge in [-0.3, -0.25) is 9.97 Å². The molecule has 0 aliphatic heterocycles. The Morgan fingerprint density at radius 1 is 0.270 bits per heavy atom. The first kappa shape index (κ1) is 46.1. The minimum atomic E-state index is -0.0735. The van der Waals surface area contributed by atoms with E-state index in [0.29, 0.717) is 0 Å². The van der Waals surface area contributed by atoms with Gasteiger partial charge in [-0.1, -0.05) is 204 Å². The van der Waals surface area contributed by atoms with E-state index < -0.39 is 0 Å². The molecule has 0 atom stereocenters. The fourth-order valence-electron chi connectivity index (χ4n) is 12.4. The average Bonchev–Trinajstić information content (AvgIpc) is 3.94. The number of hydrogen-bond acceptors (Lipinski definition) is 2. The summed E-state index contributed by atoms with van der Waals surface area (Å²) in [5, 5.41) is 10.0. The molecule has 0 amide bonds. The average molecular weight is 957 g/mol. The Bertz CT molecular complexity index is 3850. The Hall–Kier alpha value is -7.68. The van der Waals surface area contributed by atoms with Gasteiger partial charge in [0.15, 0.2) is 0 Å². The first-order chi connectivity index (χ1) is 35.3. The van der Waals surface area contributed by atoms with E-state index in [0.717, 1.165) is 11.4 Å². The molecular formula is C72H64N2. The minimum Gasteiger partial charge on any atom is -0.256 e. The Morgan fingerprint density at radius 2 is 0.581 bits per heavy atom. The molecule has 13 rings (SSSR count). The van der Waals surface area contributed by atoms with Gasteiger partial charge in [-0.05, 0) is 179 Å². The number of rotatable bonds is 4. The Morgan fingerprint density at radius 3 is 0.892 bits per heavy atom. The third-order valence-corrected chi connectivity index (χ3v) is 16.4. The van der Waals surface area contributed by atoms with E-state index in [4.69, 9.17) is 9.97 Å². The van der Waals surface area contributed by atoms with E-state index >= 15 is 0 Å². The van der Waals surface area contributed by atoms with Crippen LogP contribution >= 0.6 is 0 Å². The van der Waals surface area contributed by atoms with Crippen LogP contribution < -0.4 is 0 Å². The zero-order valence-electron chi connectivity index (χ0n) is 45.1. The summed E-state index contributed by atoms with van der Waals surface area (Å²) in [5.74, 6) is 0. The zero-order valence-corrected chi connectivity index (χ0v) is 45.1. The summed E-state index contributed by atoms with van der Waals surface area (Å²) >= 11 is 0. The lowest BCUT2D eigenvalue weighted by molar-refractivity contribution is 0.568. The lowest BCUT2D eigenvalue weighted by Crippen LogP contribution is -2.17. The van der Waals surface area contributed by atoms with E-state index in [2.05, 4.69) is 229 Å². The van der Waals surface area contributed by atoms with Crippen molar-refractivity contribution in [2.45, 2.75) is 105 Å². The van der Waals surface area contributed by atoms with Gasteiger partial charge in [0, 0.05) is 34.6 Å². The lowest BCUT2D eigenvalue weighted by atomic mass is 9.75. The Balaban J connectivity index is 1.25. The highest BCUT2D eigenvalue weighted by atomic mass is 14.7. The van der Waals surface area contributed by atoms with Crippen molar-refractivity contribution < 1.29 is 0 Å². The molecule has 2 aromatic heterocycles. The quantitative estimate of drug-likeness (QED) is 0.164. The third kappa shape index (κ3) is 6.97. The van der Waals surface area contributed by atoms with Gasteiger partial charge < -0.3 is 0 Å². The molecule has 2 heteroatoms. The van der Waals surface area contributed by atoms with Gasteiger partial charge in [0.1, 0.15) is 0 Å². The third-order valence-electron chi connectivity index (χ3n) is 16.4. The second kappa shape index (κ2) is 15.9. The van der Waals surface area contributed by atoms with Crippen LogP contribution in [0, 0.1) is 0 Å². The molecule has 0 fully saturated rings. The second-order valence-electron chi connectivity index (χ2n) is 25.4. The molecule has 11 aromatic rings. The first-order valence-corrected chi connectivity index (χ1v) is 26.6. The minimum absolute atomic E-state index is 0.0735. The van der Waals surface area contributed by atoms with Crippen LogP contribution in [-0.4, -0.2) is 9.97 Å². The zero-order chi connectivity index (χ0) is 51.4. The van der Waals surface area contributed by atoms with Crippen LogP contribution in [0.1, 0.15) is 105 Å². The van der Waals surface area contributed by atoms with Crippen LogP contribution in [0.3, 0.4) is 0 Å². The van der Waals surface area contributed by atoms with Crippen molar-refractivity contribution in [1.82, 2.24) is 9.97 Å². The molecule has 0 spiro atoms. The molecule has 0 saturated carbocycles. The number of nitrogens with zero attached hydrogens (tertiary/aromatic N) is 2. The van der Waals surface area contributed by atoms with Crippen molar-refractivity contribution in [3.8, 4) is 89.3 Å². The van der Waals surface area contributed by atoms with Crippen LogP contribution in [0.4, 0.5) is 0 Å². The molecular weight excluding hydrogens is 893 g/mol. The standard InChI is InChI=1S/C72H64N2/c1-69(2,3)45-33-43(34-46(39-45)70(4,5)6)59-55-37-41-21-13-14-22-42(41)38-56(55)60(44-35-47(71(7,8)9)40-48(36-44)72(10,11)12)66-52-28-30-54-62-53(29-27-51(61(52)62)65(59)66)67-63(57-25-17-19-31-73-57)49-23-15-16-24-50(49)64(68(54)67)58-26-18-20-32-74-58/h13-40H,1-12H3. The normalized spacial score (nSPS) is 13.1. The number of pyridine rings is 2.